The molecule has 1 nitrogen and oxygen atoms in total. The lowest BCUT2D eigenvalue weighted by atomic mass is 10.2. The van der Waals surface area contributed by atoms with E-state index in [2.05, 4.69) is 11.6 Å². The summed E-state index contributed by atoms with van der Waals surface area (Å²) in [5.41, 5.74) is 0.598. The van der Waals surface area contributed by atoms with Gasteiger partial charge in [-0.2, -0.15) is 13.2 Å². The Morgan fingerprint density at radius 1 is 1.36 bits per heavy atom. The van der Waals surface area contributed by atoms with E-state index in [1.54, 1.807) is 17.8 Å². The molecule has 0 atom stereocenters. The second kappa shape index (κ2) is 6.71. The molecule has 0 unspecified atom stereocenters. The lowest BCUT2D eigenvalue weighted by Crippen LogP contribution is -2.03. The molecule has 1 aromatic carbocycles. The number of thiazole rings is 1. The summed E-state index contributed by atoms with van der Waals surface area (Å²) >= 11 is 2.93. The molecule has 2 rings (SSSR count). The normalized spacial score (nSPS) is 13.7. The number of fused-ring (bicyclic) bond motifs is 1. The third-order valence-electron chi connectivity index (χ3n) is 2.99. The quantitative estimate of drug-likeness (QED) is 0.619. The maximum atomic E-state index is 12.8. The van der Waals surface area contributed by atoms with Crippen LogP contribution in [0.25, 0.3) is 15.8 Å². The third-order valence-corrected chi connectivity index (χ3v) is 4.85. The minimum atomic E-state index is -4.35. The SMILES string of the molecule is C=C/C=C(SC)\C(=C/C)c1nc2cc(C(F)(F)F)ccc2s1. The minimum Gasteiger partial charge on any atom is -0.236 e. The molecule has 2 aromatic rings. The molecule has 6 heteroatoms. The van der Waals surface area contributed by atoms with Crippen LogP contribution < -0.4 is 0 Å². The Kier molecular flexibility index (Phi) is 5.13. The van der Waals surface area contributed by atoms with E-state index in [0.717, 1.165) is 27.3 Å². The first-order valence-electron chi connectivity index (χ1n) is 6.42. The fraction of sp³-hybridized carbons (Fsp3) is 0.188. The maximum absolute atomic E-state index is 12.8. The van der Waals surface area contributed by atoms with Crippen LogP contribution in [0.15, 0.2) is 47.9 Å². The topological polar surface area (TPSA) is 12.9 Å². The van der Waals surface area contributed by atoms with Crippen LogP contribution >= 0.6 is 23.1 Å². The van der Waals surface area contributed by atoms with Gasteiger partial charge >= 0.3 is 6.18 Å². The summed E-state index contributed by atoms with van der Waals surface area (Å²) < 4.78 is 39.1. The van der Waals surface area contributed by atoms with Gasteiger partial charge in [0.1, 0.15) is 5.01 Å². The Labute approximate surface area is 135 Å². The highest BCUT2D eigenvalue weighted by Crippen LogP contribution is 2.37. The largest absolute Gasteiger partial charge is 0.416 e. The Hall–Kier alpha value is -1.53. The number of halogens is 3. The molecule has 0 spiro atoms. The van der Waals surface area contributed by atoms with Crippen LogP contribution in [0.1, 0.15) is 17.5 Å². The fourth-order valence-electron chi connectivity index (χ4n) is 1.96. The Balaban J connectivity index is 2.53. The van der Waals surface area contributed by atoms with Crippen molar-refractivity contribution >= 4 is 38.9 Å². The van der Waals surface area contributed by atoms with Gasteiger partial charge in [-0.3, -0.25) is 0 Å². The smallest absolute Gasteiger partial charge is 0.236 e. The molecular weight excluding hydrogens is 327 g/mol. The van der Waals surface area contributed by atoms with Crippen molar-refractivity contribution in [3.8, 4) is 0 Å². The van der Waals surface area contributed by atoms with E-state index >= 15 is 0 Å². The van der Waals surface area contributed by atoms with Gasteiger partial charge in [-0.1, -0.05) is 18.7 Å². The van der Waals surface area contributed by atoms with Crippen LogP contribution in [-0.2, 0) is 6.18 Å². The first kappa shape index (κ1) is 16.8. The number of thioether (sulfide) groups is 1. The van der Waals surface area contributed by atoms with Crippen molar-refractivity contribution in [3.63, 3.8) is 0 Å². The minimum absolute atomic E-state index is 0.369. The summed E-state index contributed by atoms with van der Waals surface area (Å²) in [5, 5.41) is 0.708. The Morgan fingerprint density at radius 2 is 2.09 bits per heavy atom. The van der Waals surface area contributed by atoms with Gasteiger partial charge in [0.25, 0.3) is 0 Å². The molecule has 0 aliphatic rings. The van der Waals surface area contributed by atoms with Gasteiger partial charge in [0, 0.05) is 10.5 Å². The van der Waals surface area contributed by atoms with E-state index in [9.17, 15) is 13.2 Å². The first-order chi connectivity index (χ1) is 10.4. The predicted octanol–water partition coefficient (Wildman–Crippen LogP) is 6.15. The molecule has 22 heavy (non-hydrogen) atoms. The second-order valence-corrected chi connectivity index (χ2v) is 6.25. The van der Waals surface area contributed by atoms with Crippen molar-refractivity contribution < 1.29 is 13.2 Å². The summed E-state index contributed by atoms with van der Waals surface area (Å²) in [5.74, 6) is 0. The molecule has 0 radical (unpaired) electrons. The number of allylic oxidation sites excluding steroid dienone is 4. The number of hydrogen-bond acceptors (Lipinski definition) is 3. The first-order valence-corrected chi connectivity index (χ1v) is 8.46. The summed E-state index contributed by atoms with van der Waals surface area (Å²) in [4.78, 5) is 5.35. The van der Waals surface area contributed by atoms with Crippen molar-refractivity contribution in [2.75, 3.05) is 6.26 Å². The zero-order chi connectivity index (χ0) is 16.3. The molecule has 0 aliphatic heterocycles. The van der Waals surface area contributed by atoms with Crippen LogP contribution in [-0.4, -0.2) is 11.2 Å². The van der Waals surface area contributed by atoms with E-state index in [1.165, 1.54) is 17.4 Å². The molecule has 0 saturated heterocycles. The number of rotatable bonds is 4. The zero-order valence-corrected chi connectivity index (χ0v) is 13.7. The lowest BCUT2D eigenvalue weighted by molar-refractivity contribution is -0.137. The van der Waals surface area contributed by atoms with Crippen LogP contribution in [0.3, 0.4) is 0 Å². The zero-order valence-electron chi connectivity index (χ0n) is 12.1. The average molecular weight is 341 g/mol. The van der Waals surface area contributed by atoms with E-state index in [-0.39, 0.29) is 0 Å². The molecule has 0 bridgehead atoms. The standard InChI is InChI=1S/C16H14F3NS2/c1-4-6-13(21-3)11(5-2)15-20-12-9-10(16(17,18)19)7-8-14(12)22-15/h4-9H,1H2,2-3H3/b11-5+,13-6+. The van der Waals surface area contributed by atoms with Crippen LogP contribution in [0.4, 0.5) is 13.2 Å². The highest BCUT2D eigenvalue weighted by Gasteiger charge is 2.30. The predicted molar refractivity (Wildman–Crippen MR) is 90.1 cm³/mol. The van der Waals surface area contributed by atoms with Crippen molar-refractivity contribution in [3.05, 3.63) is 58.5 Å². The molecule has 0 saturated carbocycles. The Bertz CT molecular complexity index is 754. The van der Waals surface area contributed by atoms with Gasteiger partial charge < -0.3 is 0 Å². The van der Waals surface area contributed by atoms with Crippen LogP contribution in [0.2, 0.25) is 0 Å². The third kappa shape index (κ3) is 3.44. The van der Waals surface area contributed by atoms with Gasteiger partial charge in [-0.25, -0.2) is 4.98 Å². The molecule has 0 N–H and O–H groups in total. The second-order valence-electron chi connectivity index (χ2n) is 4.37. The molecule has 1 heterocycles. The molecule has 0 aliphatic carbocycles. The number of hydrogen-bond donors (Lipinski definition) is 0. The monoisotopic (exact) mass is 341 g/mol. The number of aromatic nitrogens is 1. The van der Waals surface area contributed by atoms with E-state index in [1.807, 2.05) is 25.3 Å². The number of nitrogens with zero attached hydrogens (tertiary/aromatic N) is 1. The molecule has 0 fully saturated rings. The van der Waals surface area contributed by atoms with E-state index in [4.69, 9.17) is 0 Å². The van der Waals surface area contributed by atoms with Crippen molar-refractivity contribution in [1.29, 1.82) is 0 Å². The van der Waals surface area contributed by atoms with Crippen LogP contribution in [0.5, 0.6) is 0 Å². The fourth-order valence-corrected chi connectivity index (χ4v) is 3.73. The number of alkyl halides is 3. The van der Waals surface area contributed by atoms with Crippen LogP contribution in [0, 0.1) is 0 Å². The van der Waals surface area contributed by atoms with Gasteiger partial charge in [0.05, 0.1) is 15.8 Å². The van der Waals surface area contributed by atoms with Crippen molar-refractivity contribution in [1.82, 2.24) is 4.98 Å². The maximum Gasteiger partial charge on any atom is 0.416 e. The molecular formula is C16H14F3NS2. The lowest BCUT2D eigenvalue weighted by Gasteiger charge is -2.05. The van der Waals surface area contributed by atoms with Crippen molar-refractivity contribution in [2.45, 2.75) is 13.1 Å². The summed E-state index contributed by atoms with van der Waals surface area (Å²) in [6.07, 6.45) is 3.05. The van der Waals surface area contributed by atoms with Gasteiger partial charge in [-0.15, -0.1) is 23.1 Å². The Morgan fingerprint density at radius 3 is 2.64 bits per heavy atom. The highest BCUT2D eigenvalue weighted by molar-refractivity contribution is 8.03. The molecule has 116 valence electrons. The van der Waals surface area contributed by atoms with Gasteiger partial charge in [0.2, 0.25) is 0 Å². The highest BCUT2D eigenvalue weighted by atomic mass is 32.2. The van der Waals surface area contributed by atoms with Crippen molar-refractivity contribution in [2.24, 2.45) is 0 Å². The van der Waals surface area contributed by atoms with E-state index < -0.39 is 11.7 Å². The summed E-state index contributed by atoms with van der Waals surface area (Å²) in [6.45, 7) is 5.57. The molecule has 1 aromatic heterocycles. The molecule has 0 amide bonds. The van der Waals surface area contributed by atoms with E-state index in [0.29, 0.717) is 10.5 Å². The number of benzene rings is 1. The van der Waals surface area contributed by atoms with Gasteiger partial charge in [-0.05, 0) is 37.5 Å². The summed E-state index contributed by atoms with van der Waals surface area (Å²) in [6, 6.07) is 3.66. The summed E-state index contributed by atoms with van der Waals surface area (Å²) in [7, 11) is 0. The van der Waals surface area contributed by atoms with Gasteiger partial charge in [0.15, 0.2) is 0 Å². The average Bonchev–Trinajstić information content (AvgIpc) is 2.88.